The number of hydrogen-bond acceptors (Lipinski definition) is 5. The highest BCUT2D eigenvalue weighted by atomic mass is 32.2. The number of para-hydroxylation sites is 1. The maximum Gasteiger partial charge on any atom is 0.196 e. The first-order valence-corrected chi connectivity index (χ1v) is 9.89. The number of thiophene rings is 1. The first-order chi connectivity index (χ1) is 12.9. The molecule has 0 aliphatic carbocycles. The van der Waals surface area contributed by atoms with Gasteiger partial charge in [-0.1, -0.05) is 54.2 Å². The fourth-order valence-corrected chi connectivity index (χ4v) is 4.29. The summed E-state index contributed by atoms with van der Waals surface area (Å²) in [5.74, 6) is 1.50. The van der Waals surface area contributed by atoms with Gasteiger partial charge in [-0.3, -0.25) is 4.57 Å². The molecule has 0 spiro atoms. The normalized spacial score (nSPS) is 10.6. The van der Waals surface area contributed by atoms with Gasteiger partial charge in [-0.15, -0.1) is 21.5 Å². The molecular formula is C20H14N4S2. The molecule has 0 aliphatic rings. The van der Waals surface area contributed by atoms with Gasteiger partial charge in [-0.2, -0.15) is 5.26 Å². The second kappa shape index (κ2) is 7.56. The first-order valence-electron chi connectivity index (χ1n) is 8.02. The van der Waals surface area contributed by atoms with Gasteiger partial charge in [0.05, 0.1) is 16.5 Å². The van der Waals surface area contributed by atoms with Crippen LogP contribution in [0.2, 0.25) is 0 Å². The maximum absolute atomic E-state index is 9.29. The second-order valence-corrected chi connectivity index (χ2v) is 7.40. The van der Waals surface area contributed by atoms with E-state index in [0.29, 0.717) is 11.3 Å². The van der Waals surface area contributed by atoms with Crippen LogP contribution in [-0.4, -0.2) is 14.8 Å². The number of rotatable bonds is 5. The zero-order valence-electron chi connectivity index (χ0n) is 13.7. The van der Waals surface area contributed by atoms with Crippen LogP contribution in [0.25, 0.3) is 16.4 Å². The van der Waals surface area contributed by atoms with E-state index in [9.17, 15) is 5.26 Å². The zero-order chi connectivity index (χ0) is 17.8. The van der Waals surface area contributed by atoms with Crippen LogP contribution in [0.15, 0.2) is 77.3 Å². The van der Waals surface area contributed by atoms with E-state index in [1.165, 1.54) is 0 Å². The molecule has 0 atom stereocenters. The lowest BCUT2D eigenvalue weighted by Gasteiger charge is -2.09. The van der Waals surface area contributed by atoms with Crippen LogP contribution >= 0.6 is 23.1 Å². The molecule has 2 aromatic carbocycles. The fourth-order valence-electron chi connectivity index (χ4n) is 2.64. The van der Waals surface area contributed by atoms with E-state index in [2.05, 4.69) is 20.8 Å². The van der Waals surface area contributed by atoms with Crippen molar-refractivity contribution in [1.82, 2.24) is 14.8 Å². The minimum absolute atomic E-state index is 0.666. The van der Waals surface area contributed by atoms with Crippen molar-refractivity contribution in [2.75, 3.05) is 0 Å². The summed E-state index contributed by atoms with van der Waals surface area (Å²) in [6.07, 6.45) is 0. The molecule has 0 unspecified atom stereocenters. The van der Waals surface area contributed by atoms with E-state index in [-0.39, 0.29) is 0 Å². The molecule has 2 aromatic heterocycles. The SMILES string of the molecule is N#Cc1ccccc1CSc1nnc(-c2cccs2)n1-c1ccccc1. The quantitative estimate of drug-likeness (QED) is 0.453. The van der Waals surface area contributed by atoms with Crippen LogP contribution in [0.4, 0.5) is 0 Å². The van der Waals surface area contributed by atoms with Crippen LogP contribution in [0.5, 0.6) is 0 Å². The topological polar surface area (TPSA) is 54.5 Å². The molecule has 0 bridgehead atoms. The highest BCUT2D eigenvalue weighted by molar-refractivity contribution is 7.98. The Balaban J connectivity index is 1.72. The molecule has 0 N–H and O–H groups in total. The van der Waals surface area contributed by atoms with Crippen LogP contribution in [0, 0.1) is 11.3 Å². The summed E-state index contributed by atoms with van der Waals surface area (Å²) in [4.78, 5) is 1.07. The van der Waals surface area contributed by atoms with Crippen molar-refractivity contribution in [3.05, 3.63) is 83.2 Å². The van der Waals surface area contributed by atoms with Gasteiger partial charge in [0.25, 0.3) is 0 Å². The van der Waals surface area contributed by atoms with Crippen LogP contribution in [-0.2, 0) is 5.75 Å². The smallest absolute Gasteiger partial charge is 0.196 e. The third-order valence-electron chi connectivity index (χ3n) is 3.88. The van der Waals surface area contributed by atoms with E-state index >= 15 is 0 Å². The monoisotopic (exact) mass is 374 g/mol. The molecule has 4 aromatic rings. The summed E-state index contributed by atoms with van der Waals surface area (Å²) in [5.41, 5.74) is 2.72. The lowest BCUT2D eigenvalue weighted by atomic mass is 10.1. The van der Waals surface area contributed by atoms with E-state index in [1.54, 1.807) is 23.1 Å². The maximum atomic E-state index is 9.29. The number of thioether (sulfide) groups is 1. The number of benzene rings is 2. The molecule has 4 rings (SSSR count). The van der Waals surface area contributed by atoms with Gasteiger partial charge in [-0.05, 0) is 35.2 Å². The zero-order valence-corrected chi connectivity index (χ0v) is 15.4. The van der Waals surface area contributed by atoms with E-state index in [0.717, 1.165) is 27.1 Å². The van der Waals surface area contributed by atoms with Gasteiger partial charge in [0.15, 0.2) is 11.0 Å². The van der Waals surface area contributed by atoms with Crippen LogP contribution in [0.3, 0.4) is 0 Å². The van der Waals surface area contributed by atoms with E-state index in [1.807, 2.05) is 72.1 Å². The minimum Gasteiger partial charge on any atom is -0.269 e. The largest absolute Gasteiger partial charge is 0.269 e. The standard InChI is InChI=1S/C20H14N4S2/c21-13-15-7-4-5-8-16(15)14-26-20-23-22-19(18-11-6-12-25-18)24(20)17-9-2-1-3-10-17/h1-12H,14H2. The first kappa shape index (κ1) is 16.6. The molecule has 4 nitrogen and oxygen atoms in total. The van der Waals surface area contributed by atoms with Crippen molar-refractivity contribution < 1.29 is 0 Å². The molecule has 126 valence electrons. The highest BCUT2D eigenvalue weighted by Crippen LogP contribution is 2.32. The fraction of sp³-hybridized carbons (Fsp3) is 0.0500. The Hall–Kier alpha value is -2.88. The molecule has 26 heavy (non-hydrogen) atoms. The summed E-state index contributed by atoms with van der Waals surface area (Å²) < 4.78 is 2.07. The average Bonchev–Trinajstić information content (AvgIpc) is 3.36. The number of nitriles is 1. The lowest BCUT2D eigenvalue weighted by molar-refractivity contribution is 0.886. The third kappa shape index (κ3) is 3.27. The molecule has 2 heterocycles. The van der Waals surface area contributed by atoms with E-state index < -0.39 is 0 Å². The third-order valence-corrected chi connectivity index (χ3v) is 5.73. The summed E-state index contributed by atoms with van der Waals surface area (Å²) in [6, 6.07) is 24.1. The Labute approximate surface area is 159 Å². The van der Waals surface area contributed by atoms with Crippen molar-refractivity contribution in [3.8, 4) is 22.5 Å². The lowest BCUT2D eigenvalue weighted by Crippen LogP contribution is -1.99. The van der Waals surface area contributed by atoms with Crippen LogP contribution < -0.4 is 0 Å². The molecule has 0 radical (unpaired) electrons. The predicted octanol–water partition coefficient (Wildman–Crippen LogP) is 5.16. The van der Waals surface area contributed by atoms with Gasteiger partial charge in [0.1, 0.15) is 0 Å². The molecule has 6 heteroatoms. The molecule has 0 aliphatic heterocycles. The highest BCUT2D eigenvalue weighted by Gasteiger charge is 2.17. The van der Waals surface area contributed by atoms with Crippen molar-refractivity contribution in [2.24, 2.45) is 0 Å². The van der Waals surface area contributed by atoms with Gasteiger partial charge in [0.2, 0.25) is 0 Å². The summed E-state index contributed by atoms with van der Waals surface area (Å²) in [5, 5.41) is 21.0. The Kier molecular flexibility index (Phi) is 4.82. The predicted molar refractivity (Wildman–Crippen MR) is 105 cm³/mol. The summed E-state index contributed by atoms with van der Waals surface area (Å²) in [6.45, 7) is 0. The Morgan fingerprint density at radius 2 is 1.77 bits per heavy atom. The number of aromatic nitrogens is 3. The van der Waals surface area contributed by atoms with Crippen molar-refractivity contribution in [2.45, 2.75) is 10.9 Å². The number of hydrogen-bond donors (Lipinski definition) is 0. The summed E-state index contributed by atoms with van der Waals surface area (Å²) >= 11 is 3.23. The molecular weight excluding hydrogens is 360 g/mol. The van der Waals surface area contributed by atoms with Crippen molar-refractivity contribution in [3.63, 3.8) is 0 Å². The van der Waals surface area contributed by atoms with Gasteiger partial charge < -0.3 is 0 Å². The van der Waals surface area contributed by atoms with Gasteiger partial charge in [-0.25, -0.2) is 0 Å². The molecule has 0 amide bonds. The molecule has 0 saturated carbocycles. The van der Waals surface area contributed by atoms with Gasteiger partial charge in [0, 0.05) is 11.4 Å². The van der Waals surface area contributed by atoms with Gasteiger partial charge >= 0.3 is 0 Å². The molecule has 0 fully saturated rings. The van der Waals surface area contributed by atoms with Crippen LogP contribution in [0.1, 0.15) is 11.1 Å². The van der Waals surface area contributed by atoms with E-state index in [4.69, 9.17) is 0 Å². The number of nitrogens with zero attached hydrogens (tertiary/aromatic N) is 4. The Bertz CT molecular complexity index is 1050. The Morgan fingerprint density at radius 3 is 2.54 bits per heavy atom. The van der Waals surface area contributed by atoms with Crippen molar-refractivity contribution in [1.29, 1.82) is 5.26 Å². The van der Waals surface area contributed by atoms with Crippen molar-refractivity contribution >= 4 is 23.1 Å². The Morgan fingerprint density at radius 1 is 0.962 bits per heavy atom. The summed E-state index contributed by atoms with van der Waals surface area (Å²) in [7, 11) is 0. The minimum atomic E-state index is 0.666. The second-order valence-electron chi connectivity index (χ2n) is 5.51. The molecule has 0 saturated heterocycles. The average molecular weight is 374 g/mol.